The zero-order chi connectivity index (χ0) is 9.10. The van der Waals surface area contributed by atoms with Crippen molar-refractivity contribution in [3.05, 3.63) is 17.0 Å². The van der Waals surface area contributed by atoms with Crippen molar-refractivity contribution in [2.24, 2.45) is 0 Å². The molecule has 1 aliphatic carbocycles. The predicted molar refractivity (Wildman–Crippen MR) is 52.6 cm³/mol. The molecule has 0 spiro atoms. The second-order valence-electron chi connectivity index (χ2n) is 3.72. The molecule has 0 saturated carbocycles. The van der Waals surface area contributed by atoms with Gasteiger partial charge in [-0.05, 0) is 38.3 Å². The normalized spacial score (nSPS) is 16.7. The molecule has 0 radical (unpaired) electrons. The summed E-state index contributed by atoms with van der Waals surface area (Å²) in [6.45, 7) is 0.895. The number of nitrogens with zero attached hydrogens (tertiary/aromatic N) is 1. The van der Waals surface area contributed by atoms with Crippen LogP contribution >= 0.6 is 0 Å². The molecule has 72 valence electrons. The highest BCUT2D eigenvalue weighted by Gasteiger charge is 2.14. The number of H-pyrrole nitrogens is 1. The first-order valence-corrected chi connectivity index (χ1v) is 5.11. The largest absolute Gasteiger partial charge is 0.314 e. The molecule has 0 aromatic carbocycles. The number of fused-ring (bicyclic) bond motifs is 1. The van der Waals surface area contributed by atoms with Gasteiger partial charge in [0.15, 0.2) is 0 Å². The number of aryl methyl sites for hydroxylation is 1. The fourth-order valence-corrected chi connectivity index (χ4v) is 2.04. The zero-order valence-corrected chi connectivity index (χ0v) is 8.19. The van der Waals surface area contributed by atoms with Crippen molar-refractivity contribution >= 4 is 0 Å². The number of aromatic nitrogens is 2. The van der Waals surface area contributed by atoms with Gasteiger partial charge in [0.2, 0.25) is 0 Å². The number of hydrogen-bond acceptors (Lipinski definition) is 2. The summed E-state index contributed by atoms with van der Waals surface area (Å²) in [5.41, 5.74) is 4.08. The highest BCUT2D eigenvalue weighted by atomic mass is 15.1. The van der Waals surface area contributed by atoms with Crippen LogP contribution in [0.5, 0.6) is 0 Å². The van der Waals surface area contributed by atoms with Crippen molar-refractivity contribution in [3.63, 3.8) is 0 Å². The Balaban J connectivity index is 2.23. The van der Waals surface area contributed by atoms with Gasteiger partial charge in [0.25, 0.3) is 0 Å². The van der Waals surface area contributed by atoms with Crippen molar-refractivity contribution in [3.8, 4) is 0 Å². The summed E-state index contributed by atoms with van der Waals surface area (Å²) in [6.07, 6.45) is 6.40. The first kappa shape index (κ1) is 8.75. The van der Waals surface area contributed by atoms with Crippen LogP contribution in [0.4, 0.5) is 0 Å². The highest BCUT2D eigenvalue weighted by molar-refractivity contribution is 5.26. The third kappa shape index (κ3) is 1.75. The second kappa shape index (κ2) is 3.92. The summed E-state index contributed by atoms with van der Waals surface area (Å²) < 4.78 is 0. The predicted octanol–water partition coefficient (Wildman–Crippen LogP) is 1.40. The van der Waals surface area contributed by atoms with Crippen LogP contribution in [0.25, 0.3) is 0 Å². The molecule has 0 unspecified atom stereocenters. The molecule has 2 rings (SSSR count). The van der Waals surface area contributed by atoms with Gasteiger partial charge in [-0.1, -0.05) is 6.42 Å². The maximum absolute atomic E-state index is 4.34. The quantitative estimate of drug-likeness (QED) is 0.674. The minimum Gasteiger partial charge on any atom is -0.314 e. The summed E-state index contributed by atoms with van der Waals surface area (Å²) in [6, 6.07) is 0. The standard InChI is InChI=1S/C10H17N3/c1-11-7-10-8-5-3-2-4-6-9(8)12-13-10/h11H,2-7H2,1H3,(H,12,13). The molecule has 1 aromatic heterocycles. The Labute approximate surface area is 78.9 Å². The molecule has 3 heteroatoms. The average Bonchev–Trinajstić information content (AvgIpc) is 2.38. The van der Waals surface area contributed by atoms with Crippen LogP contribution in [0.2, 0.25) is 0 Å². The van der Waals surface area contributed by atoms with Gasteiger partial charge in [-0.25, -0.2) is 0 Å². The molecule has 2 N–H and O–H groups in total. The van der Waals surface area contributed by atoms with Crippen molar-refractivity contribution in [1.82, 2.24) is 15.5 Å². The van der Waals surface area contributed by atoms with E-state index in [1.165, 1.54) is 49.1 Å². The Morgan fingerprint density at radius 3 is 3.00 bits per heavy atom. The molecule has 0 saturated heterocycles. The van der Waals surface area contributed by atoms with Crippen LogP contribution < -0.4 is 5.32 Å². The third-order valence-corrected chi connectivity index (χ3v) is 2.74. The van der Waals surface area contributed by atoms with E-state index in [-0.39, 0.29) is 0 Å². The van der Waals surface area contributed by atoms with E-state index >= 15 is 0 Å². The minimum absolute atomic E-state index is 0.895. The van der Waals surface area contributed by atoms with E-state index in [4.69, 9.17) is 0 Å². The molecular formula is C10H17N3. The summed E-state index contributed by atoms with van der Waals surface area (Å²) in [5.74, 6) is 0. The summed E-state index contributed by atoms with van der Waals surface area (Å²) >= 11 is 0. The van der Waals surface area contributed by atoms with E-state index in [1.807, 2.05) is 7.05 Å². The van der Waals surface area contributed by atoms with Crippen LogP contribution in [0.15, 0.2) is 0 Å². The molecule has 0 atom stereocenters. The number of hydrogen-bond donors (Lipinski definition) is 2. The number of nitrogens with one attached hydrogen (secondary N) is 2. The molecule has 1 aromatic rings. The molecule has 0 amide bonds. The molecule has 1 aliphatic rings. The lowest BCUT2D eigenvalue weighted by molar-refractivity contribution is 0.692. The Hall–Kier alpha value is -0.830. The Morgan fingerprint density at radius 1 is 1.31 bits per heavy atom. The molecular weight excluding hydrogens is 162 g/mol. The van der Waals surface area contributed by atoms with E-state index in [2.05, 4.69) is 15.5 Å². The number of aromatic amines is 1. The van der Waals surface area contributed by atoms with Gasteiger partial charge in [-0.15, -0.1) is 0 Å². The van der Waals surface area contributed by atoms with Crippen molar-refractivity contribution in [2.45, 2.75) is 38.6 Å². The lowest BCUT2D eigenvalue weighted by Gasteiger charge is -2.00. The maximum atomic E-state index is 4.34. The summed E-state index contributed by atoms with van der Waals surface area (Å²) in [7, 11) is 1.97. The fourth-order valence-electron chi connectivity index (χ4n) is 2.04. The van der Waals surface area contributed by atoms with E-state index in [0.717, 1.165) is 6.54 Å². The molecule has 0 fully saturated rings. The van der Waals surface area contributed by atoms with Gasteiger partial charge in [0, 0.05) is 12.2 Å². The summed E-state index contributed by atoms with van der Waals surface area (Å²) in [5, 5.41) is 10.7. The zero-order valence-electron chi connectivity index (χ0n) is 8.19. The Bertz CT molecular complexity index is 278. The van der Waals surface area contributed by atoms with Gasteiger partial charge in [-0.3, -0.25) is 5.10 Å². The van der Waals surface area contributed by atoms with E-state index in [9.17, 15) is 0 Å². The SMILES string of the molecule is CNCc1n[nH]c2c1CCCCC2. The van der Waals surface area contributed by atoms with Gasteiger partial charge < -0.3 is 5.32 Å². The van der Waals surface area contributed by atoms with Gasteiger partial charge >= 0.3 is 0 Å². The molecule has 0 aliphatic heterocycles. The van der Waals surface area contributed by atoms with Gasteiger partial charge in [0.1, 0.15) is 0 Å². The lowest BCUT2D eigenvalue weighted by Crippen LogP contribution is -2.07. The molecule has 0 bridgehead atoms. The monoisotopic (exact) mass is 179 g/mol. The molecule has 13 heavy (non-hydrogen) atoms. The van der Waals surface area contributed by atoms with Crippen molar-refractivity contribution < 1.29 is 0 Å². The van der Waals surface area contributed by atoms with Crippen LogP contribution in [0, 0.1) is 0 Å². The first-order chi connectivity index (χ1) is 6.42. The van der Waals surface area contributed by atoms with Gasteiger partial charge in [-0.2, -0.15) is 5.10 Å². The minimum atomic E-state index is 0.895. The second-order valence-corrected chi connectivity index (χ2v) is 3.72. The smallest absolute Gasteiger partial charge is 0.0794 e. The first-order valence-electron chi connectivity index (χ1n) is 5.11. The Kier molecular flexibility index (Phi) is 2.64. The van der Waals surface area contributed by atoms with Crippen LogP contribution in [0.3, 0.4) is 0 Å². The highest BCUT2D eigenvalue weighted by Crippen LogP contribution is 2.21. The van der Waals surface area contributed by atoms with Crippen molar-refractivity contribution in [2.75, 3.05) is 7.05 Å². The lowest BCUT2D eigenvalue weighted by atomic mass is 10.1. The third-order valence-electron chi connectivity index (χ3n) is 2.74. The Morgan fingerprint density at radius 2 is 2.15 bits per heavy atom. The van der Waals surface area contributed by atoms with Crippen LogP contribution in [0.1, 0.15) is 36.2 Å². The maximum Gasteiger partial charge on any atom is 0.0794 e. The van der Waals surface area contributed by atoms with Crippen LogP contribution in [-0.4, -0.2) is 17.2 Å². The van der Waals surface area contributed by atoms with E-state index in [0.29, 0.717) is 0 Å². The number of rotatable bonds is 2. The van der Waals surface area contributed by atoms with Gasteiger partial charge in [0.05, 0.1) is 5.69 Å². The molecule has 1 heterocycles. The fraction of sp³-hybridized carbons (Fsp3) is 0.700. The topological polar surface area (TPSA) is 40.7 Å². The average molecular weight is 179 g/mol. The van der Waals surface area contributed by atoms with E-state index < -0.39 is 0 Å². The molecule has 3 nitrogen and oxygen atoms in total. The van der Waals surface area contributed by atoms with Crippen molar-refractivity contribution in [1.29, 1.82) is 0 Å². The van der Waals surface area contributed by atoms with Crippen LogP contribution in [-0.2, 0) is 19.4 Å². The summed E-state index contributed by atoms with van der Waals surface area (Å²) in [4.78, 5) is 0. The van der Waals surface area contributed by atoms with E-state index in [1.54, 1.807) is 0 Å².